The van der Waals surface area contributed by atoms with Crippen LogP contribution in [0.15, 0.2) is 48.5 Å². The topological polar surface area (TPSA) is 112 Å². The van der Waals surface area contributed by atoms with Crippen LogP contribution in [0.25, 0.3) is 5.69 Å². The predicted molar refractivity (Wildman–Crippen MR) is 97.0 cm³/mol. The van der Waals surface area contributed by atoms with Crippen LogP contribution >= 0.6 is 0 Å². The Morgan fingerprint density at radius 2 is 1.97 bits per heavy atom. The van der Waals surface area contributed by atoms with Crippen molar-refractivity contribution in [3.05, 3.63) is 75.6 Å². The number of para-hydroxylation sites is 1. The number of rotatable bonds is 6. The number of alkyl halides is 3. The number of nitro benzene ring substituents is 1. The molecule has 0 spiro atoms. The van der Waals surface area contributed by atoms with E-state index in [0.717, 1.165) is 6.07 Å². The van der Waals surface area contributed by atoms with Crippen molar-refractivity contribution in [2.75, 3.05) is 0 Å². The van der Waals surface area contributed by atoms with Crippen LogP contribution in [0, 0.1) is 17.0 Å². The van der Waals surface area contributed by atoms with E-state index < -0.39 is 22.9 Å². The number of ether oxygens (including phenoxy) is 1. The first-order chi connectivity index (χ1) is 14.2. The summed E-state index contributed by atoms with van der Waals surface area (Å²) < 4.78 is 42.7. The molecule has 3 rings (SSSR count). The molecule has 1 N–H and O–H groups in total. The van der Waals surface area contributed by atoms with Crippen molar-refractivity contribution >= 4 is 11.6 Å². The summed E-state index contributed by atoms with van der Waals surface area (Å²) in [6, 6.07) is 11.0. The molecule has 3 aromatic rings. The second kappa shape index (κ2) is 8.19. The smallest absolute Gasteiger partial charge is 0.405 e. The summed E-state index contributed by atoms with van der Waals surface area (Å²) in [5, 5.41) is 21.0. The quantitative estimate of drug-likeness (QED) is 0.483. The van der Waals surface area contributed by atoms with E-state index in [4.69, 9.17) is 0 Å². The molecular formula is C18H14F3N5O4. The van der Waals surface area contributed by atoms with E-state index >= 15 is 0 Å². The lowest BCUT2D eigenvalue weighted by Crippen LogP contribution is -2.25. The fourth-order valence-electron chi connectivity index (χ4n) is 2.66. The van der Waals surface area contributed by atoms with Gasteiger partial charge in [0.2, 0.25) is 0 Å². The zero-order chi connectivity index (χ0) is 21.9. The zero-order valence-corrected chi connectivity index (χ0v) is 15.4. The molecule has 30 heavy (non-hydrogen) atoms. The average molecular weight is 421 g/mol. The maximum absolute atomic E-state index is 12.5. The van der Waals surface area contributed by atoms with Gasteiger partial charge >= 0.3 is 6.36 Å². The standard InChI is InChI=1S/C18H14F3N5O4/c1-11-16(23-24-25(11)13-6-4-7-14(9-13)26(28)29)17(27)22-10-12-5-2-3-8-15(12)30-18(19,20)21/h2-9H,10H2,1H3,(H,22,27). The summed E-state index contributed by atoms with van der Waals surface area (Å²) in [5.74, 6) is -1.10. The van der Waals surface area contributed by atoms with E-state index in [1.54, 1.807) is 6.07 Å². The molecule has 0 saturated heterocycles. The number of hydrogen-bond acceptors (Lipinski definition) is 6. The molecule has 12 heteroatoms. The number of halogens is 3. The van der Waals surface area contributed by atoms with Crippen LogP contribution in [0.3, 0.4) is 0 Å². The van der Waals surface area contributed by atoms with Crippen molar-refractivity contribution in [3.63, 3.8) is 0 Å². The molecule has 0 aliphatic heterocycles. The van der Waals surface area contributed by atoms with Crippen LogP contribution in [0.2, 0.25) is 0 Å². The summed E-state index contributed by atoms with van der Waals surface area (Å²) in [5.41, 5.74) is 0.516. The van der Waals surface area contributed by atoms with E-state index in [2.05, 4.69) is 20.4 Å². The van der Waals surface area contributed by atoms with Gasteiger partial charge in [0.05, 0.1) is 16.3 Å². The van der Waals surface area contributed by atoms with Crippen LogP contribution in [0.4, 0.5) is 18.9 Å². The summed E-state index contributed by atoms with van der Waals surface area (Å²) in [4.78, 5) is 22.8. The number of amides is 1. The third-order valence-electron chi connectivity index (χ3n) is 4.03. The van der Waals surface area contributed by atoms with Gasteiger partial charge in [-0.05, 0) is 19.1 Å². The molecule has 1 amide bonds. The van der Waals surface area contributed by atoms with Crippen LogP contribution < -0.4 is 10.1 Å². The maximum atomic E-state index is 12.5. The number of nitrogens with zero attached hydrogens (tertiary/aromatic N) is 4. The molecule has 2 aromatic carbocycles. The number of non-ortho nitro benzene ring substituents is 1. The van der Waals surface area contributed by atoms with Crippen LogP contribution in [-0.2, 0) is 6.54 Å². The minimum atomic E-state index is -4.86. The van der Waals surface area contributed by atoms with Crippen LogP contribution in [0.5, 0.6) is 5.75 Å². The first kappa shape index (κ1) is 20.8. The fourth-order valence-corrected chi connectivity index (χ4v) is 2.66. The van der Waals surface area contributed by atoms with Crippen molar-refractivity contribution in [1.29, 1.82) is 0 Å². The molecule has 0 bridgehead atoms. The van der Waals surface area contributed by atoms with Gasteiger partial charge in [0.25, 0.3) is 11.6 Å². The average Bonchev–Trinajstić information content (AvgIpc) is 3.07. The van der Waals surface area contributed by atoms with Crippen LogP contribution in [0.1, 0.15) is 21.7 Å². The maximum Gasteiger partial charge on any atom is 0.573 e. The van der Waals surface area contributed by atoms with E-state index in [1.165, 1.54) is 48.0 Å². The van der Waals surface area contributed by atoms with Crippen molar-refractivity contribution in [2.24, 2.45) is 0 Å². The molecule has 0 aliphatic carbocycles. The molecule has 0 fully saturated rings. The van der Waals surface area contributed by atoms with Gasteiger partial charge < -0.3 is 10.1 Å². The molecule has 0 unspecified atom stereocenters. The second-order valence-corrected chi connectivity index (χ2v) is 6.05. The SMILES string of the molecule is Cc1c(C(=O)NCc2ccccc2OC(F)(F)F)nnn1-c1cccc([N+](=O)[O-])c1. The molecule has 9 nitrogen and oxygen atoms in total. The summed E-state index contributed by atoms with van der Waals surface area (Å²) in [6.45, 7) is 1.29. The Hall–Kier alpha value is -3.96. The largest absolute Gasteiger partial charge is 0.573 e. The normalized spacial score (nSPS) is 11.2. The number of benzene rings is 2. The lowest BCUT2D eigenvalue weighted by Gasteiger charge is -2.13. The highest BCUT2D eigenvalue weighted by Gasteiger charge is 2.32. The Kier molecular flexibility index (Phi) is 5.67. The van der Waals surface area contributed by atoms with Gasteiger partial charge in [0.1, 0.15) is 5.75 Å². The molecule has 0 radical (unpaired) electrons. The molecule has 156 valence electrons. The lowest BCUT2D eigenvalue weighted by atomic mass is 10.2. The minimum Gasteiger partial charge on any atom is -0.405 e. The summed E-state index contributed by atoms with van der Waals surface area (Å²) >= 11 is 0. The highest BCUT2D eigenvalue weighted by molar-refractivity contribution is 5.93. The van der Waals surface area contributed by atoms with Crippen LogP contribution in [-0.4, -0.2) is 32.2 Å². The van der Waals surface area contributed by atoms with Crippen molar-refractivity contribution in [3.8, 4) is 11.4 Å². The number of aromatic nitrogens is 3. The van der Waals surface area contributed by atoms with Gasteiger partial charge in [-0.1, -0.05) is 29.5 Å². The molecule has 0 atom stereocenters. The summed E-state index contributed by atoms with van der Waals surface area (Å²) in [7, 11) is 0. The highest BCUT2D eigenvalue weighted by Crippen LogP contribution is 2.26. The van der Waals surface area contributed by atoms with E-state index in [-0.39, 0.29) is 23.5 Å². The van der Waals surface area contributed by atoms with E-state index in [0.29, 0.717) is 11.4 Å². The summed E-state index contributed by atoms with van der Waals surface area (Å²) in [6.07, 6.45) is -4.86. The van der Waals surface area contributed by atoms with E-state index in [9.17, 15) is 28.1 Å². The predicted octanol–water partition coefficient (Wildman–Crippen LogP) is 3.31. The third kappa shape index (κ3) is 4.71. The fraction of sp³-hybridized carbons (Fsp3) is 0.167. The van der Waals surface area contributed by atoms with Crippen molar-refractivity contribution in [2.45, 2.75) is 19.8 Å². The van der Waals surface area contributed by atoms with Gasteiger partial charge in [-0.3, -0.25) is 14.9 Å². The first-order valence-electron chi connectivity index (χ1n) is 8.44. The molecule has 0 aliphatic rings. The Morgan fingerprint density at radius 1 is 1.23 bits per heavy atom. The number of nitro groups is 1. The Labute approximate surface area is 167 Å². The monoisotopic (exact) mass is 421 g/mol. The Balaban J connectivity index is 1.77. The number of carbonyl (C=O) groups is 1. The molecule has 1 aromatic heterocycles. The molecule has 1 heterocycles. The molecular weight excluding hydrogens is 407 g/mol. The van der Waals surface area contributed by atoms with E-state index in [1.807, 2.05) is 0 Å². The highest BCUT2D eigenvalue weighted by atomic mass is 19.4. The number of hydrogen-bond donors (Lipinski definition) is 1. The van der Waals surface area contributed by atoms with Gasteiger partial charge in [-0.2, -0.15) is 0 Å². The van der Waals surface area contributed by atoms with Gasteiger partial charge in [-0.25, -0.2) is 4.68 Å². The van der Waals surface area contributed by atoms with Crippen molar-refractivity contribution < 1.29 is 27.6 Å². The minimum absolute atomic E-state index is 0.0734. The zero-order valence-electron chi connectivity index (χ0n) is 15.4. The third-order valence-corrected chi connectivity index (χ3v) is 4.03. The van der Waals surface area contributed by atoms with Gasteiger partial charge in [0, 0.05) is 24.2 Å². The van der Waals surface area contributed by atoms with Gasteiger partial charge in [-0.15, -0.1) is 18.3 Å². The lowest BCUT2D eigenvalue weighted by molar-refractivity contribution is -0.384. The Bertz CT molecular complexity index is 1100. The number of carbonyl (C=O) groups excluding carboxylic acids is 1. The molecule has 0 saturated carbocycles. The van der Waals surface area contributed by atoms with Crippen molar-refractivity contribution in [1.82, 2.24) is 20.3 Å². The number of nitrogens with one attached hydrogen (secondary N) is 1. The van der Waals surface area contributed by atoms with Gasteiger partial charge in [0.15, 0.2) is 5.69 Å². The Morgan fingerprint density at radius 3 is 2.67 bits per heavy atom. The second-order valence-electron chi connectivity index (χ2n) is 6.05. The first-order valence-corrected chi connectivity index (χ1v) is 8.44.